The molecule has 2 aliphatic heterocycles. The molecule has 1 unspecified atom stereocenters. The van der Waals surface area contributed by atoms with Gasteiger partial charge in [0.2, 0.25) is 0 Å². The molecule has 0 radical (unpaired) electrons. The third-order valence-electron chi connectivity index (χ3n) is 5.49. The van der Waals surface area contributed by atoms with Gasteiger partial charge >= 0.3 is 0 Å². The topological polar surface area (TPSA) is 42.9 Å². The van der Waals surface area contributed by atoms with Crippen molar-refractivity contribution in [2.24, 2.45) is 16.8 Å². The number of nitrogens with zero attached hydrogens (tertiary/aromatic N) is 3. The fourth-order valence-corrected chi connectivity index (χ4v) is 3.71. The van der Waals surface area contributed by atoms with Crippen LogP contribution in [0.5, 0.6) is 0 Å². The smallest absolute Gasteiger partial charge is 0.191 e. The molecule has 2 heterocycles. The van der Waals surface area contributed by atoms with Crippen molar-refractivity contribution in [3.63, 3.8) is 0 Å². The van der Waals surface area contributed by atoms with E-state index in [4.69, 9.17) is 4.99 Å². The Hall–Kier alpha value is -0.810. The van der Waals surface area contributed by atoms with Crippen LogP contribution >= 0.6 is 0 Å². The van der Waals surface area contributed by atoms with Gasteiger partial charge in [0.1, 0.15) is 0 Å². The number of piperidine rings is 1. The minimum absolute atomic E-state index is 0.732. The summed E-state index contributed by atoms with van der Waals surface area (Å²) in [6.45, 7) is 17.1. The van der Waals surface area contributed by atoms with Gasteiger partial charge in [-0.2, -0.15) is 0 Å². The second kappa shape index (κ2) is 10.9. The van der Waals surface area contributed by atoms with Crippen LogP contribution in [0, 0.1) is 11.8 Å². The van der Waals surface area contributed by atoms with Crippen molar-refractivity contribution in [3.8, 4) is 0 Å². The van der Waals surface area contributed by atoms with Crippen LogP contribution in [0.2, 0.25) is 0 Å². The Labute approximate surface area is 149 Å². The minimum atomic E-state index is 0.732. The zero-order valence-electron chi connectivity index (χ0n) is 16.2. The molecule has 5 heteroatoms. The molecule has 0 spiro atoms. The van der Waals surface area contributed by atoms with Crippen LogP contribution in [0.1, 0.15) is 46.5 Å². The van der Waals surface area contributed by atoms with Crippen LogP contribution in [-0.4, -0.2) is 74.7 Å². The van der Waals surface area contributed by atoms with E-state index >= 15 is 0 Å². The number of rotatable bonds is 8. The lowest BCUT2D eigenvalue weighted by Gasteiger charge is -2.30. The summed E-state index contributed by atoms with van der Waals surface area (Å²) in [6, 6.07) is 0. The summed E-state index contributed by atoms with van der Waals surface area (Å²) < 4.78 is 0. The highest BCUT2D eigenvalue weighted by Gasteiger charge is 2.20. The molecule has 0 aromatic carbocycles. The quantitative estimate of drug-likeness (QED) is 0.404. The molecule has 2 fully saturated rings. The number of guanidine groups is 1. The number of hydrogen-bond acceptors (Lipinski definition) is 3. The van der Waals surface area contributed by atoms with Gasteiger partial charge in [-0.3, -0.25) is 4.99 Å². The molecule has 2 aliphatic rings. The lowest BCUT2D eigenvalue weighted by molar-refractivity contribution is 0.191. The van der Waals surface area contributed by atoms with Gasteiger partial charge in [-0.25, -0.2) is 0 Å². The SMILES string of the molecule is CCNC(=NCC1CCN(CC)C1)NCCCN1CCC(C)CC1. The Balaban J connectivity index is 1.62. The van der Waals surface area contributed by atoms with Crippen molar-refractivity contribution < 1.29 is 0 Å². The monoisotopic (exact) mass is 337 g/mol. The van der Waals surface area contributed by atoms with Gasteiger partial charge in [-0.15, -0.1) is 0 Å². The van der Waals surface area contributed by atoms with Crippen molar-refractivity contribution in [2.75, 3.05) is 58.9 Å². The molecule has 0 saturated carbocycles. The van der Waals surface area contributed by atoms with Gasteiger partial charge in [0.15, 0.2) is 5.96 Å². The predicted molar refractivity (Wildman–Crippen MR) is 104 cm³/mol. The van der Waals surface area contributed by atoms with E-state index in [-0.39, 0.29) is 0 Å². The van der Waals surface area contributed by atoms with Crippen molar-refractivity contribution in [1.82, 2.24) is 20.4 Å². The molecule has 140 valence electrons. The number of likely N-dealkylation sites (tertiary alicyclic amines) is 2. The van der Waals surface area contributed by atoms with Crippen molar-refractivity contribution in [2.45, 2.75) is 46.5 Å². The largest absolute Gasteiger partial charge is 0.357 e. The molecule has 0 bridgehead atoms. The van der Waals surface area contributed by atoms with Gasteiger partial charge in [0, 0.05) is 26.2 Å². The predicted octanol–water partition coefficient (Wildman–Crippen LogP) is 2.01. The maximum Gasteiger partial charge on any atom is 0.191 e. The summed E-state index contributed by atoms with van der Waals surface area (Å²) in [4.78, 5) is 9.96. The van der Waals surface area contributed by atoms with E-state index in [2.05, 4.69) is 41.2 Å². The normalized spacial score (nSPS) is 24.5. The van der Waals surface area contributed by atoms with Crippen LogP contribution in [-0.2, 0) is 0 Å². The van der Waals surface area contributed by atoms with Crippen LogP contribution < -0.4 is 10.6 Å². The summed E-state index contributed by atoms with van der Waals surface area (Å²) >= 11 is 0. The second-order valence-corrected chi connectivity index (χ2v) is 7.57. The molecule has 0 aliphatic carbocycles. The standard InChI is InChI=1S/C19H39N5/c1-4-20-19(22-15-18-9-14-23(5-2)16-18)21-10-6-11-24-12-7-17(3)8-13-24/h17-18H,4-16H2,1-3H3,(H2,20,21,22). The molecule has 2 N–H and O–H groups in total. The second-order valence-electron chi connectivity index (χ2n) is 7.57. The molecule has 2 saturated heterocycles. The summed E-state index contributed by atoms with van der Waals surface area (Å²) in [5.41, 5.74) is 0. The van der Waals surface area contributed by atoms with E-state index in [1.807, 2.05) is 0 Å². The van der Waals surface area contributed by atoms with Crippen LogP contribution in [0.25, 0.3) is 0 Å². The molecule has 1 atom stereocenters. The average Bonchev–Trinajstić information content (AvgIpc) is 3.06. The van der Waals surface area contributed by atoms with E-state index in [1.165, 1.54) is 65.0 Å². The summed E-state index contributed by atoms with van der Waals surface area (Å²) in [5.74, 6) is 2.65. The molecule has 2 rings (SSSR count). The first-order valence-electron chi connectivity index (χ1n) is 10.2. The molecule has 24 heavy (non-hydrogen) atoms. The van der Waals surface area contributed by atoms with E-state index in [9.17, 15) is 0 Å². The summed E-state index contributed by atoms with van der Waals surface area (Å²) in [5, 5.41) is 6.90. The van der Waals surface area contributed by atoms with E-state index < -0.39 is 0 Å². The highest BCUT2D eigenvalue weighted by atomic mass is 15.2. The summed E-state index contributed by atoms with van der Waals surface area (Å²) in [7, 11) is 0. The van der Waals surface area contributed by atoms with Gasteiger partial charge in [-0.1, -0.05) is 13.8 Å². The summed E-state index contributed by atoms with van der Waals surface area (Å²) in [6.07, 6.45) is 5.23. The van der Waals surface area contributed by atoms with Crippen LogP contribution in [0.4, 0.5) is 0 Å². The average molecular weight is 338 g/mol. The molecule has 0 aromatic rings. The first kappa shape index (κ1) is 19.5. The van der Waals surface area contributed by atoms with E-state index in [0.29, 0.717) is 0 Å². The highest BCUT2D eigenvalue weighted by Crippen LogP contribution is 2.16. The Morgan fingerprint density at radius 3 is 2.46 bits per heavy atom. The van der Waals surface area contributed by atoms with Gasteiger partial charge in [-0.05, 0) is 77.2 Å². The molecular formula is C19H39N5. The first-order chi connectivity index (χ1) is 11.7. The molecular weight excluding hydrogens is 298 g/mol. The fraction of sp³-hybridized carbons (Fsp3) is 0.947. The minimum Gasteiger partial charge on any atom is -0.357 e. The lowest BCUT2D eigenvalue weighted by atomic mass is 9.99. The Morgan fingerprint density at radius 1 is 1.04 bits per heavy atom. The van der Waals surface area contributed by atoms with E-state index in [1.54, 1.807) is 0 Å². The number of nitrogens with one attached hydrogen (secondary N) is 2. The highest BCUT2D eigenvalue weighted by molar-refractivity contribution is 5.79. The number of hydrogen-bond donors (Lipinski definition) is 2. The fourth-order valence-electron chi connectivity index (χ4n) is 3.71. The van der Waals surface area contributed by atoms with Crippen LogP contribution in [0.15, 0.2) is 4.99 Å². The Bertz CT molecular complexity index is 363. The van der Waals surface area contributed by atoms with Gasteiger partial charge in [0.25, 0.3) is 0 Å². The maximum atomic E-state index is 4.81. The zero-order valence-corrected chi connectivity index (χ0v) is 16.2. The zero-order chi connectivity index (χ0) is 17.2. The van der Waals surface area contributed by atoms with Gasteiger partial charge < -0.3 is 20.4 Å². The van der Waals surface area contributed by atoms with Crippen molar-refractivity contribution >= 4 is 5.96 Å². The van der Waals surface area contributed by atoms with E-state index in [0.717, 1.165) is 37.4 Å². The first-order valence-corrected chi connectivity index (χ1v) is 10.2. The van der Waals surface area contributed by atoms with Crippen LogP contribution in [0.3, 0.4) is 0 Å². The van der Waals surface area contributed by atoms with Crippen molar-refractivity contribution in [3.05, 3.63) is 0 Å². The Morgan fingerprint density at radius 2 is 1.79 bits per heavy atom. The Kier molecular flexibility index (Phi) is 8.89. The third-order valence-corrected chi connectivity index (χ3v) is 5.49. The van der Waals surface area contributed by atoms with Crippen molar-refractivity contribution in [1.29, 1.82) is 0 Å². The molecule has 5 nitrogen and oxygen atoms in total. The maximum absolute atomic E-state index is 4.81. The molecule has 0 amide bonds. The molecule has 0 aromatic heterocycles. The third kappa shape index (κ3) is 6.98. The number of aliphatic imine (C=N–C) groups is 1. The lowest BCUT2D eigenvalue weighted by Crippen LogP contribution is -2.40. The van der Waals surface area contributed by atoms with Gasteiger partial charge in [0.05, 0.1) is 0 Å².